The van der Waals surface area contributed by atoms with Crippen LogP contribution in [0.1, 0.15) is 169 Å². The van der Waals surface area contributed by atoms with Crippen molar-refractivity contribution < 1.29 is 82.4 Å². The van der Waals surface area contributed by atoms with Crippen LogP contribution < -0.4 is 110 Å². The fraction of sp³-hybridized carbons (Fsp3) is 0.623. The lowest BCUT2D eigenvalue weighted by atomic mass is 9.96. The number of aliphatic carboxylic acids is 2. The summed E-state index contributed by atoms with van der Waals surface area (Å²) in [6.07, 6.45) is 2.67. The number of hydrogen-bond donors (Lipinski definition) is 23. The van der Waals surface area contributed by atoms with Crippen LogP contribution in [0.5, 0.6) is 5.75 Å². The molecule has 32 N–H and O–H groups in total. The highest BCUT2D eigenvalue weighted by atomic mass is 16.4. The van der Waals surface area contributed by atoms with Gasteiger partial charge >= 0.3 is 5.97 Å². The summed E-state index contributed by atoms with van der Waals surface area (Å²) in [5, 5.41) is 56.2. The van der Waals surface area contributed by atoms with Crippen molar-refractivity contribution in [3.05, 3.63) is 65.7 Å². The standard InChI is InChI=1S/C75H126N24O15.C2H4O2/c1-7-45(6)61(70(111)94-53(25-17-35-87-75(83)84)71(112)99-36-18-26-58(99)69(110)93-50(21-11-13-31-76)64(105)96-56(38-44(4)5)67(108)95-54(72(113)114)22-12-14-32-77)98-65(106)52(24-16-34-86-74(81)82)91-63(104)51(23-15-33-85-73(79)80)92-66(107)55(37-43(2)3)97-68(109)57(40-46-19-9-8-10-20-46)90-60(102)42-88-59(101)41-89-62(103)49(78)39-47-27-29-48(100)30-28-47;1-2(3)4/h8-10,19-20,27-30,43-45,49-58,61,100H,7,11-18,21-26,31-42,76-78H2,1-6H3,(H,88,101)(H,89,103)(H,90,102)(H,91,104)(H,92,107)(H,93,110)(H,94,111)(H,95,108)(H,96,105)(H,97,109)(H,98,106)(H,113,114)(H4,79,80,85)(H4,81,82,86)(H4,83,84,87);1H3,(H,3,4). The lowest BCUT2D eigenvalue weighted by molar-refractivity contribution is -0.143. The number of hydrogen-bond acceptors (Lipinski definition) is 21. The van der Waals surface area contributed by atoms with Gasteiger partial charge in [-0.15, -0.1) is 0 Å². The molecule has 0 saturated carbocycles. The highest BCUT2D eigenvalue weighted by Gasteiger charge is 2.42. The number of unbranched alkanes of at least 4 members (excludes halogenated alkanes) is 2. The van der Waals surface area contributed by atoms with E-state index in [0.29, 0.717) is 49.8 Å². The molecule has 1 aliphatic rings. The summed E-state index contributed by atoms with van der Waals surface area (Å²) in [4.78, 5) is 205. The van der Waals surface area contributed by atoms with Crippen molar-refractivity contribution in [1.29, 1.82) is 0 Å². The minimum Gasteiger partial charge on any atom is -0.508 e. The molecule has 2 aromatic carbocycles. The highest BCUT2D eigenvalue weighted by Crippen LogP contribution is 2.23. The Bertz CT molecular complexity index is 3630. The minimum absolute atomic E-state index is 0.00479. The van der Waals surface area contributed by atoms with E-state index in [0.717, 1.165) is 6.92 Å². The zero-order valence-electron chi connectivity index (χ0n) is 68.9. The molecule has 12 amide bonds. The van der Waals surface area contributed by atoms with Crippen molar-refractivity contribution in [2.24, 2.45) is 84.3 Å². The van der Waals surface area contributed by atoms with Crippen LogP contribution >= 0.6 is 0 Å². The molecule has 12 atom stereocenters. The Morgan fingerprint density at radius 2 is 0.873 bits per heavy atom. The molecule has 660 valence electrons. The number of nitrogens with zero attached hydrogens (tertiary/aromatic N) is 4. The maximum absolute atomic E-state index is 15.1. The van der Waals surface area contributed by atoms with Gasteiger partial charge in [-0.2, -0.15) is 0 Å². The maximum Gasteiger partial charge on any atom is 0.326 e. The molecule has 3 rings (SSSR count). The summed E-state index contributed by atoms with van der Waals surface area (Å²) in [6, 6.07) is 0.244. The van der Waals surface area contributed by atoms with Crippen LogP contribution in [0.2, 0.25) is 0 Å². The van der Waals surface area contributed by atoms with Gasteiger partial charge in [0.1, 0.15) is 66.2 Å². The number of phenols is 1. The van der Waals surface area contributed by atoms with Crippen molar-refractivity contribution in [1.82, 2.24) is 63.4 Å². The van der Waals surface area contributed by atoms with Crippen LogP contribution in [0.4, 0.5) is 0 Å². The number of aromatic hydroxyl groups is 1. The molecule has 12 unspecified atom stereocenters. The van der Waals surface area contributed by atoms with Crippen LogP contribution in [0.15, 0.2) is 69.6 Å². The number of amides is 12. The summed E-state index contributed by atoms with van der Waals surface area (Å²) in [6.45, 7) is 11.1. The topological polar surface area (TPSA) is 706 Å². The van der Waals surface area contributed by atoms with E-state index in [1.165, 1.54) is 17.0 Å². The summed E-state index contributed by atoms with van der Waals surface area (Å²) < 4.78 is 0. The van der Waals surface area contributed by atoms with Crippen LogP contribution in [0.25, 0.3) is 0 Å². The second kappa shape index (κ2) is 56.0. The molecule has 41 heteroatoms. The number of carbonyl (C=O) groups is 14. The van der Waals surface area contributed by atoms with Gasteiger partial charge in [-0.1, -0.05) is 90.4 Å². The van der Waals surface area contributed by atoms with E-state index < -0.39 is 168 Å². The number of nitrogens with two attached hydrogens (primary N) is 9. The summed E-state index contributed by atoms with van der Waals surface area (Å²) in [7, 11) is 0. The summed E-state index contributed by atoms with van der Waals surface area (Å²) in [5.74, 6) is -13.4. The predicted molar refractivity (Wildman–Crippen MR) is 443 cm³/mol. The lowest BCUT2D eigenvalue weighted by Gasteiger charge is -2.32. The van der Waals surface area contributed by atoms with E-state index >= 15 is 4.79 Å². The van der Waals surface area contributed by atoms with Gasteiger partial charge < -0.3 is 130 Å². The Balaban J connectivity index is 0.0000115. The van der Waals surface area contributed by atoms with Crippen LogP contribution in [0, 0.1) is 17.8 Å². The second-order valence-corrected chi connectivity index (χ2v) is 29.8. The van der Waals surface area contributed by atoms with Crippen molar-refractivity contribution in [2.75, 3.05) is 52.4 Å². The Kier molecular flexibility index (Phi) is 48.6. The largest absolute Gasteiger partial charge is 0.508 e. The van der Waals surface area contributed by atoms with Crippen molar-refractivity contribution >= 4 is 101 Å². The maximum atomic E-state index is 15.1. The first-order valence-corrected chi connectivity index (χ1v) is 39.9. The number of carbonyl (C=O) groups excluding carboxylic acids is 12. The lowest BCUT2D eigenvalue weighted by Crippen LogP contribution is -2.61. The molecular weight excluding hydrogens is 1530 g/mol. The third-order valence-corrected chi connectivity index (χ3v) is 18.7. The molecule has 0 spiro atoms. The van der Waals surface area contributed by atoms with Gasteiger partial charge in [0.25, 0.3) is 5.97 Å². The van der Waals surface area contributed by atoms with E-state index in [1.807, 2.05) is 13.8 Å². The minimum atomic E-state index is -1.48. The Labute approximate surface area is 688 Å². The molecule has 1 saturated heterocycles. The second-order valence-electron chi connectivity index (χ2n) is 29.8. The van der Waals surface area contributed by atoms with Crippen LogP contribution in [0.3, 0.4) is 0 Å². The van der Waals surface area contributed by atoms with Gasteiger partial charge in [0.2, 0.25) is 70.9 Å². The van der Waals surface area contributed by atoms with Gasteiger partial charge in [-0.25, -0.2) is 4.79 Å². The van der Waals surface area contributed by atoms with Gasteiger partial charge in [0, 0.05) is 39.5 Å². The number of benzene rings is 2. The molecular formula is C77H130N24O17. The number of carboxylic acid groups (broad SMARTS) is 2. The number of nitrogens with one attached hydrogen (secondary N) is 11. The molecule has 0 aromatic heterocycles. The molecule has 41 nitrogen and oxygen atoms in total. The van der Waals surface area contributed by atoms with Crippen molar-refractivity contribution in [3.63, 3.8) is 0 Å². The highest BCUT2D eigenvalue weighted by molar-refractivity contribution is 6.00. The summed E-state index contributed by atoms with van der Waals surface area (Å²) >= 11 is 0. The van der Waals surface area contributed by atoms with Gasteiger partial charge in [0.05, 0.1) is 19.1 Å². The van der Waals surface area contributed by atoms with E-state index in [2.05, 4.69) is 73.5 Å². The Morgan fingerprint density at radius 3 is 1.34 bits per heavy atom. The molecule has 118 heavy (non-hydrogen) atoms. The SMILES string of the molecule is CC(=O)O.CCC(C)C(NC(=O)C(CCCN=C(N)N)NC(=O)C(CCCN=C(N)N)NC(=O)C(CC(C)C)NC(=O)C(Cc1ccccc1)NC(=O)CNC(=O)CNC(=O)C(N)Cc1ccc(O)cc1)C(=O)NC(CCCN=C(N)N)C(=O)N1CCCC1C(=O)NC(CCCCN)C(=O)NC(CC(C)C)C(=O)NC(CCCCN)C(=O)O. The zero-order valence-corrected chi connectivity index (χ0v) is 68.9. The van der Waals surface area contributed by atoms with E-state index in [-0.39, 0.29) is 158 Å². The van der Waals surface area contributed by atoms with E-state index in [9.17, 15) is 67.7 Å². The first-order valence-electron chi connectivity index (χ1n) is 39.9. The van der Waals surface area contributed by atoms with Gasteiger partial charge in [0.15, 0.2) is 17.9 Å². The molecule has 0 radical (unpaired) electrons. The Morgan fingerprint density at radius 1 is 0.466 bits per heavy atom. The van der Waals surface area contributed by atoms with E-state index in [1.54, 1.807) is 70.2 Å². The van der Waals surface area contributed by atoms with Crippen molar-refractivity contribution in [2.45, 2.75) is 237 Å². The number of rotatable bonds is 54. The van der Waals surface area contributed by atoms with Crippen LogP contribution in [-0.2, 0) is 80.0 Å². The molecule has 1 aliphatic heterocycles. The fourth-order valence-electron chi connectivity index (χ4n) is 12.4. The molecule has 1 heterocycles. The van der Waals surface area contributed by atoms with Gasteiger partial charge in [-0.3, -0.25) is 77.3 Å². The number of aliphatic imine (C=N–C) groups is 3. The average molecular weight is 1660 g/mol. The monoisotopic (exact) mass is 1660 g/mol. The third-order valence-electron chi connectivity index (χ3n) is 18.7. The van der Waals surface area contributed by atoms with E-state index in [4.69, 9.17) is 61.5 Å². The zero-order chi connectivity index (χ0) is 88.6. The third kappa shape index (κ3) is 41.9. The molecule has 0 bridgehead atoms. The van der Waals surface area contributed by atoms with Crippen LogP contribution in [-0.4, -0.2) is 240 Å². The first-order chi connectivity index (χ1) is 55.8. The predicted octanol–water partition coefficient (Wildman–Crippen LogP) is -4.18. The normalized spacial score (nSPS) is 15.0. The Hall–Kier alpha value is -11.5. The number of phenolic OH excluding ortho intramolecular Hbond substituents is 1. The molecule has 2 aromatic rings. The first kappa shape index (κ1) is 103. The average Bonchev–Trinajstić information content (AvgIpc) is 1.61. The quantitative estimate of drug-likeness (QED) is 0.0170. The smallest absolute Gasteiger partial charge is 0.326 e. The van der Waals surface area contributed by atoms with Gasteiger partial charge in [-0.05, 0) is 163 Å². The summed E-state index contributed by atoms with van der Waals surface area (Å²) in [5.41, 5.74) is 52.6. The number of guanidine groups is 3. The van der Waals surface area contributed by atoms with Crippen molar-refractivity contribution in [3.8, 4) is 5.75 Å². The fourth-order valence-corrected chi connectivity index (χ4v) is 12.4. The number of carboxylic acids is 2. The molecule has 1 fully saturated rings. The number of likely N-dealkylation sites (tertiary alicyclic amines) is 1. The molecule has 0 aliphatic carbocycles.